The normalized spacial score (nSPS) is 10.5. The minimum atomic E-state index is -0.140. The van der Waals surface area contributed by atoms with Crippen LogP contribution in [-0.4, -0.2) is 14.8 Å². The van der Waals surface area contributed by atoms with Gasteiger partial charge in [0.05, 0.1) is 11.9 Å². The van der Waals surface area contributed by atoms with Gasteiger partial charge in [-0.1, -0.05) is 6.07 Å². The summed E-state index contributed by atoms with van der Waals surface area (Å²) in [5.41, 5.74) is 7.49. The van der Waals surface area contributed by atoms with E-state index in [1.165, 1.54) is 0 Å². The third kappa shape index (κ3) is 1.82. The van der Waals surface area contributed by atoms with Gasteiger partial charge in [-0.3, -0.25) is 9.48 Å². The summed E-state index contributed by atoms with van der Waals surface area (Å²) < 4.78 is 1.69. The highest BCUT2D eigenvalue weighted by molar-refractivity contribution is 5.56. The molecular weight excluding hydrogens is 192 g/mol. The van der Waals surface area contributed by atoms with Crippen LogP contribution in [0.25, 0.3) is 11.3 Å². The summed E-state index contributed by atoms with van der Waals surface area (Å²) in [5.74, 6) is 0. The second-order valence-electron chi connectivity index (χ2n) is 3.33. The summed E-state index contributed by atoms with van der Waals surface area (Å²) in [6.45, 7) is 0.253. The van der Waals surface area contributed by atoms with Gasteiger partial charge in [-0.2, -0.15) is 5.10 Å². The molecular formula is C10H12N4O. The van der Waals surface area contributed by atoms with Gasteiger partial charge in [0.2, 0.25) is 0 Å². The standard InChI is InChI=1S/C10H12N4O/c1-14-6-8(5-12-14)9-3-2-7(4-11)10(15)13-9/h2-3,5-6H,4,11H2,1H3,(H,13,15). The summed E-state index contributed by atoms with van der Waals surface area (Å²) in [6, 6.07) is 3.57. The van der Waals surface area contributed by atoms with E-state index in [0.29, 0.717) is 5.56 Å². The lowest BCUT2D eigenvalue weighted by atomic mass is 10.2. The van der Waals surface area contributed by atoms with Crippen molar-refractivity contribution in [2.24, 2.45) is 12.8 Å². The molecule has 0 saturated carbocycles. The van der Waals surface area contributed by atoms with E-state index in [4.69, 9.17) is 5.73 Å². The number of pyridine rings is 1. The second kappa shape index (κ2) is 3.70. The third-order valence-corrected chi connectivity index (χ3v) is 2.23. The fourth-order valence-corrected chi connectivity index (χ4v) is 1.39. The molecule has 2 aromatic heterocycles. The molecule has 5 heteroatoms. The van der Waals surface area contributed by atoms with Crippen molar-refractivity contribution in [3.8, 4) is 11.3 Å². The molecule has 0 unspecified atom stereocenters. The lowest BCUT2D eigenvalue weighted by Crippen LogP contribution is -2.15. The van der Waals surface area contributed by atoms with Gasteiger partial charge in [-0.05, 0) is 6.07 Å². The summed E-state index contributed by atoms with van der Waals surface area (Å²) in [7, 11) is 1.83. The number of nitrogens with one attached hydrogen (secondary N) is 1. The van der Waals surface area contributed by atoms with Crippen LogP contribution in [0.15, 0.2) is 29.3 Å². The SMILES string of the molecule is Cn1cc(-c2ccc(CN)c(=O)[nH]2)cn1. The third-order valence-electron chi connectivity index (χ3n) is 2.23. The Morgan fingerprint density at radius 2 is 2.33 bits per heavy atom. The molecule has 0 radical (unpaired) electrons. The lowest BCUT2D eigenvalue weighted by Gasteiger charge is -1.99. The van der Waals surface area contributed by atoms with Gasteiger partial charge >= 0.3 is 0 Å². The Kier molecular flexibility index (Phi) is 2.39. The molecule has 2 rings (SSSR count). The quantitative estimate of drug-likeness (QED) is 0.735. The van der Waals surface area contributed by atoms with Crippen LogP contribution in [0.3, 0.4) is 0 Å². The predicted octanol–water partition coefficient (Wildman–Crippen LogP) is 0.234. The summed E-state index contributed by atoms with van der Waals surface area (Å²) >= 11 is 0. The van der Waals surface area contributed by atoms with Crippen molar-refractivity contribution in [3.05, 3.63) is 40.4 Å². The van der Waals surface area contributed by atoms with Crippen molar-refractivity contribution in [3.63, 3.8) is 0 Å². The molecule has 0 aliphatic heterocycles. The van der Waals surface area contributed by atoms with E-state index in [1.807, 2.05) is 19.3 Å². The predicted molar refractivity (Wildman–Crippen MR) is 57.2 cm³/mol. The highest BCUT2D eigenvalue weighted by Gasteiger charge is 2.03. The van der Waals surface area contributed by atoms with Crippen LogP contribution < -0.4 is 11.3 Å². The van der Waals surface area contributed by atoms with Crippen LogP contribution in [0.5, 0.6) is 0 Å². The van der Waals surface area contributed by atoms with Gasteiger partial charge in [-0.15, -0.1) is 0 Å². The van der Waals surface area contributed by atoms with E-state index < -0.39 is 0 Å². The lowest BCUT2D eigenvalue weighted by molar-refractivity contribution is 0.768. The van der Waals surface area contributed by atoms with E-state index in [0.717, 1.165) is 11.3 Å². The molecule has 5 nitrogen and oxygen atoms in total. The molecule has 0 aliphatic rings. The number of hydrogen-bond donors (Lipinski definition) is 2. The number of nitrogens with two attached hydrogens (primary N) is 1. The fraction of sp³-hybridized carbons (Fsp3) is 0.200. The Morgan fingerprint density at radius 1 is 1.53 bits per heavy atom. The van der Waals surface area contributed by atoms with E-state index in [-0.39, 0.29) is 12.1 Å². The molecule has 0 saturated heterocycles. The Bertz CT molecular complexity index is 526. The number of H-pyrrole nitrogens is 1. The second-order valence-corrected chi connectivity index (χ2v) is 3.33. The zero-order valence-electron chi connectivity index (χ0n) is 8.40. The van der Waals surface area contributed by atoms with Gasteiger partial charge in [-0.25, -0.2) is 0 Å². The summed E-state index contributed by atoms with van der Waals surface area (Å²) in [4.78, 5) is 14.3. The van der Waals surface area contributed by atoms with Gasteiger partial charge in [0.25, 0.3) is 5.56 Å². The molecule has 2 aromatic rings. The van der Waals surface area contributed by atoms with Crippen LogP contribution in [0.1, 0.15) is 5.56 Å². The summed E-state index contributed by atoms with van der Waals surface area (Å²) in [6.07, 6.45) is 3.54. The molecule has 2 heterocycles. The van der Waals surface area contributed by atoms with E-state index in [9.17, 15) is 4.79 Å². The van der Waals surface area contributed by atoms with Crippen molar-refractivity contribution in [2.45, 2.75) is 6.54 Å². The first kappa shape index (κ1) is 9.67. The van der Waals surface area contributed by atoms with Gasteiger partial charge in [0.15, 0.2) is 0 Å². The first-order valence-electron chi connectivity index (χ1n) is 4.62. The van der Waals surface area contributed by atoms with Crippen LogP contribution in [-0.2, 0) is 13.6 Å². The van der Waals surface area contributed by atoms with Crippen molar-refractivity contribution < 1.29 is 0 Å². The molecule has 0 spiro atoms. The van der Waals surface area contributed by atoms with Crippen LogP contribution in [0.4, 0.5) is 0 Å². The Hall–Kier alpha value is -1.88. The van der Waals surface area contributed by atoms with Crippen molar-refractivity contribution in [1.29, 1.82) is 0 Å². The molecule has 78 valence electrons. The maximum atomic E-state index is 11.5. The van der Waals surface area contributed by atoms with Crippen molar-refractivity contribution in [1.82, 2.24) is 14.8 Å². The molecule has 0 fully saturated rings. The van der Waals surface area contributed by atoms with Gasteiger partial charge < -0.3 is 10.7 Å². The maximum absolute atomic E-state index is 11.5. The maximum Gasteiger partial charge on any atom is 0.252 e. The topological polar surface area (TPSA) is 76.7 Å². The van der Waals surface area contributed by atoms with Crippen LogP contribution in [0.2, 0.25) is 0 Å². The molecule has 15 heavy (non-hydrogen) atoms. The smallest absolute Gasteiger partial charge is 0.252 e. The monoisotopic (exact) mass is 204 g/mol. The average molecular weight is 204 g/mol. The molecule has 3 N–H and O–H groups in total. The zero-order chi connectivity index (χ0) is 10.8. The van der Waals surface area contributed by atoms with Crippen molar-refractivity contribution >= 4 is 0 Å². The number of rotatable bonds is 2. The molecule has 0 amide bonds. The Morgan fingerprint density at radius 3 is 2.87 bits per heavy atom. The number of nitrogens with zero attached hydrogens (tertiary/aromatic N) is 2. The van der Waals surface area contributed by atoms with E-state index in [1.54, 1.807) is 16.9 Å². The highest BCUT2D eigenvalue weighted by atomic mass is 16.1. The largest absolute Gasteiger partial charge is 0.326 e. The minimum Gasteiger partial charge on any atom is -0.326 e. The molecule has 0 bridgehead atoms. The first-order chi connectivity index (χ1) is 7.20. The first-order valence-corrected chi connectivity index (χ1v) is 4.62. The molecule has 0 aromatic carbocycles. The Balaban J connectivity index is 2.47. The average Bonchev–Trinajstić information content (AvgIpc) is 2.65. The Labute approximate surface area is 86.5 Å². The highest BCUT2D eigenvalue weighted by Crippen LogP contribution is 2.13. The zero-order valence-corrected chi connectivity index (χ0v) is 8.40. The number of aromatic amines is 1. The van der Waals surface area contributed by atoms with E-state index >= 15 is 0 Å². The number of aryl methyl sites for hydroxylation is 1. The van der Waals surface area contributed by atoms with Crippen LogP contribution >= 0.6 is 0 Å². The number of aromatic nitrogens is 3. The van der Waals surface area contributed by atoms with E-state index in [2.05, 4.69) is 10.1 Å². The van der Waals surface area contributed by atoms with Crippen LogP contribution in [0, 0.1) is 0 Å². The summed E-state index contributed by atoms with van der Waals surface area (Å²) in [5, 5.41) is 4.04. The molecule has 0 atom stereocenters. The molecule has 0 aliphatic carbocycles. The minimum absolute atomic E-state index is 0.140. The van der Waals surface area contributed by atoms with Gasteiger partial charge in [0, 0.05) is 30.9 Å². The fourth-order valence-electron chi connectivity index (χ4n) is 1.39. The van der Waals surface area contributed by atoms with Gasteiger partial charge in [0.1, 0.15) is 0 Å². The number of hydrogen-bond acceptors (Lipinski definition) is 3. The van der Waals surface area contributed by atoms with Crippen molar-refractivity contribution in [2.75, 3.05) is 0 Å².